The van der Waals surface area contributed by atoms with Gasteiger partial charge in [-0.3, -0.25) is 4.57 Å². The van der Waals surface area contributed by atoms with E-state index >= 15 is 0 Å². The van der Waals surface area contributed by atoms with E-state index in [-0.39, 0.29) is 0 Å². The second-order valence-corrected chi connectivity index (χ2v) is 9.69. The minimum atomic E-state index is 0.533. The lowest BCUT2D eigenvalue weighted by atomic mass is 10.2. The van der Waals surface area contributed by atoms with Crippen LogP contribution in [0.5, 0.6) is 11.6 Å². The van der Waals surface area contributed by atoms with Crippen LogP contribution in [0.25, 0.3) is 38.8 Å². The Morgan fingerprint density at radius 1 is 0.744 bits per heavy atom. The molecule has 0 atom stereocenters. The zero-order chi connectivity index (χ0) is 25.9. The maximum absolute atomic E-state index is 6.32. The largest absolute Gasteiger partial charge is 0.454 e. The van der Waals surface area contributed by atoms with Crippen molar-refractivity contribution in [1.82, 2.24) is 14.5 Å². The lowest BCUT2D eigenvalue weighted by Crippen LogP contribution is -2.23. The fraction of sp³-hybridized carbons (Fsp3) is 0.0625. The van der Waals surface area contributed by atoms with Crippen molar-refractivity contribution >= 4 is 50.2 Å². The van der Waals surface area contributed by atoms with Crippen LogP contribution < -0.4 is 14.5 Å². The van der Waals surface area contributed by atoms with Crippen molar-refractivity contribution in [3.05, 3.63) is 109 Å². The molecule has 8 rings (SSSR count). The number of nitrogens with zero attached hydrogens (tertiary/aromatic N) is 5. The summed E-state index contributed by atoms with van der Waals surface area (Å²) in [5.74, 6) is 1.22. The number of para-hydroxylation sites is 3. The maximum atomic E-state index is 6.32. The Bertz CT molecular complexity index is 2020. The summed E-state index contributed by atoms with van der Waals surface area (Å²) in [5, 5.41) is 2.02. The van der Waals surface area contributed by atoms with Gasteiger partial charge in [-0.1, -0.05) is 30.3 Å². The molecule has 0 fully saturated rings. The highest BCUT2D eigenvalue weighted by Gasteiger charge is 2.24. The van der Waals surface area contributed by atoms with E-state index in [0.29, 0.717) is 11.6 Å². The summed E-state index contributed by atoms with van der Waals surface area (Å²) in [6, 6.07) is 32.5. The van der Waals surface area contributed by atoms with Crippen molar-refractivity contribution in [2.75, 3.05) is 23.5 Å². The van der Waals surface area contributed by atoms with Crippen molar-refractivity contribution in [2.24, 2.45) is 0 Å². The number of hydrogen-bond acceptors (Lipinski definition) is 6. The molecule has 39 heavy (non-hydrogen) atoms. The van der Waals surface area contributed by atoms with Crippen LogP contribution in [-0.2, 0) is 0 Å². The first-order valence-corrected chi connectivity index (χ1v) is 12.8. The van der Waals surface area contributed by atoms with Crippen LogP contribution in [0.3, 0.4) is 0 Å². The van der Waals surface area contributed by atoms with Gasteiger partial charge in [-0.05, 0) is 54.6 Å². The average Bonchev–Trinajstić information content (AvgIpc) is 3.62. The summed E-state index contributed by atoms with van der Waals surface area (Å²) in [4.78, 5) is 13.7. The summed E-state index contributed by atoms with van der Waals surface area (Å²) in [7, 11) is 2.10. The maximum Gasteiger partial charge on any atom is 0.221 e. The number of anilines is 3. The SMILES string of the molecule is CN1CN(c2ccnc(Oc3cccc(-n4c5ncccc5c5oc6ccccc6c54)c3)c2)c2ccccc21. The Morgan fingerprint density at radius 3 is 2.54 bits per heavy atom. The van der Waals surface area contributed by atoms with Crippen LogP contribution in [0.15, 0.2) is 114 Å². The van der Waals surface area contributed by atoms with Gasteiger partial charge in [0.05, 0.1) is 29.1 Å². The van der Waals surface area contributed by atoms with Crippen molar-refractivity contribution < 1.29 is 9.15 Å². The molecule has 7 heteroatoms. The first kappa shape index (κ1) is 21.8. The van der Waals surface area contributed by atoms with E-state index in [4.69, 9.17) is 14.1 Å². The second kappa shape index (κ2) is 8.36. The predicted octanol–water partition coefficient (Wildman–Crippen LogP) is 7.66. The molecular weight excluding hydrogens is 486 g/mol. The van der Waals surface area contributed by atoms with Gasteiger partial charge in [-0.2, -0.15) is 0 Å². The minimum absolute atomic E-state index is 0.533. The Morgan fingerprint density at radius 2 is 1.59 bits per heavy atom. The van der Waals surface area contributed by atoms with Gasteiger partial charge in [0.15, 0.2) is 5.58 Å². The number of benzene rings is 3. The molecule has 188 valence electrons. The minimum Gasteiger partial charge on any atom is -0.454 e. The van der Waals surface area contributed by atoms with E-state index in [2.05, 4.69) is 62.8 Å². The van der Waals surface area contributed by atoms with Gasteiger partial charge < -0.3 is 19.0 Å². The lowest BCUT2D eigenvalue weighted by Gasteiger charge is -2.20. The molecule has 0 saturated carbocycles. The molecule has 1 aliphatic heterocycles. The van der Waals surface area contributed by atoms with Crippen molar-refractivity contribution in [1.29, 1.82) is 0 Å². The summed E-state index contributed by atoms with van der Waals surface area (Å²) < 4.78 is 14.7. The molecule has 0 saturated heterocycles. The van der Waals surface area contributed by atoms with Crippen molar-refractivity contribution in [3.8, 4) is 17.3 Å². The first-order valence-electron chi connectivity index (χ1n) is 12.8. The van der Waals surface area contributed by atoms with Gasteiger partial charge in [0.2, 0.25) is 5.88 Å². The summed E-state index contributed by atoms with van der Waals surface area (Å²) in [6.07, 6.45) is 3.60. The van der Waals surface area contributed by atoms with Gasteiger partial charge in [0.25, 0.3) is 0 Å². The number of ether oxygens (including phenoxy) is 1. The van der Waals surface area contributed by atoms with Crippen molar-refractivity contribution in [2.45, 2.75) is 0 Å². The topological polar surface area (TPSA) is 59.6 Å². The number of aromatic nitrogens is 3. The van der Waals surface area contributed by atoms with E-state index in [9.17, 15) is 0 Å². The highest BCUT2D eigenvalue weighted by molar-refractivity contribution is 6.15. The number of furan rings is 1. The predicted molar refractivity (Wildman–Crippen MR) is 155 cm³/mol. The number of fused-ring (bicyclic) bond motifs is 6. The van der Waals surface area contributed by atoms with E-state index < -0.39 is 0 Å². The highest BCUT2D eigenvalue weighted by Crippen LogP contribution is 2.41. The van der Waals surface area contributed by atoms with Crippen LogP contribution in [0, 0.1) is 0 Å². The molecule has 0 bridgehead atoms. The summed E-state index contributed by atoms with van der Waals surface area (Å²) in [6.45, 7) is 0.765. The third-order valence-corrected chi connectivity index (χ3v) is 7.30. The van der Waals surface area contributed by atoms with Crippen LogP contribution in [-0.4, -0.2) is 28.3 Å². The molecular formula is C32H23N5O2. The van der Waals surface area contributed by atoms with Gasteiger partial charge in [0, 0.05) is 42.6 Å². The molecule has 4 aromatic heterocycles. The third-order valence-electron chi connectivity index (χ3n) is 7.30. The van der Waals surface area contributed by atoms with Gasteiger partial charge in [0.1, 0.15) is 22.5 Å². The Hall–Kier alpha value is -5.30. The molecule has 3 aromatic carbocycles. The Labute approximate surface area is 224 Å². The smallest absolute Gasteiger partial charge is 0.221 e. The summed E-state index contributed by atoms with van der Waals surface area (Å²) in [5.41, 5.74) is 7.85. The zero-order valence-electron chi connectivity index (χ0n) is 21.2. The lowest BCUT2D eigenvalue weighted by molar-refractivity contribution is 0.463. The molecule has 0 radical (unpaired) electrons. The molecule has 5 heterocycles. The average molecular weight is 510 g/mol. The number of rotatable bonds is 4. The Balaban J connectivity index is 1.20. The molecule has 7 aromatic rings. The molecule has 0 amide bonds. The van der Waals surface area contributed by atoms with E-state index in [1.165, 1.54) is 11.4 Å². The van der Waals surface area contributed by atoms with Crippen molar-refractivity contribution in [3.63, 3.8) is 0 Å². The van der Waals surface area contributed by atoms with Crippen LogP contribution in [0.1, 0.15) is 0 Å². The van der Waals surface area contributed by atoms with Crippen LogP contribution in [0.2, 0.25) is 0 Å². The molecule has 0 N–H and O–H groups in total. The Kier molecular flexibility index (Phi) is 4.66. The van der Waals surface area contributed by atoms with Crippen LogP contribution in [0.4, 0.5) is 17.1 Å². The molecule has 0 aliphatic carbocycles. The van der Waals surface area contributed by atoms with Gasteiger partial charge in [-0.15, -0.1) is 0 Å². The standard InChI is InChI=1S/C32H23N5O2/c1-35-20-36(27-13-4-3-12-26(27)35)21-15-17-33-29(19-21)38-23-9-6-8-22(18-23)37-30-24-10-2-5-14-28(24)39-31(30)25-11-7-16-34-32(25)37/h2-19H,20H2,1H3. The zero-order valence-corrected chi connectivity index (χ0v) is 21.2. The number of pyridine rings is 2. The molecule has 7 nitrogen and oxygen atoms in total. The normalized spacial score (nSPS) is 13.1. The fourth-order valence-corrected chi connectivity index (χ4v) is 5.58. The monoisotopic (exact) mass is 509 g/mol. The third kappa shape index (κ3) is 3.37. The van der Waals surface area contributed by atoms with Gasteiger partial charge >= 0.3 is 0 Å². The highest BCUT2D eigenvalue weighted by atomic mass is 16.5. The van der Waals surface area contributed by atoms with E-state index in [1.807, 2.05) is 66.9 Å². The molecule has 0 spiro atoms. The van der Waals surface area contributed by atoms with E-state index in [1.54, 1.807) is 6.20 Å². The molecule has 1 aliphatic rings. The number of hydrogen-bond donors (Lipinski definition) is 0. The summed E-state index contributed by atoms with van der Waals surface area (Å²) >= 11 is 0. The van der Waals surface area contributed by atoms with E-state index in [0.717, 1.165) is 51.1 Å². The first-order chi connectivity index (χ1) is 19.2. The quantitative estimate of drug-likeness (QED) is 0.243. The second-order valence-electron chi connectivity index (χ2n) is 9.69. The fourth-order valence-electron chi connectivity index (χ4n) is 5.58. The molecule has 0 unspecified atom stereocenters. The van der Waals surface area contributed by atoms with Crippen LogP contribution >= 0.6 is 0 Å². The van der Waals surface area contributed by atoms with Gasteiger partial charge in [-0.25, -0.2) is 9.97 Å².